The van der Waals surface area contributed by atoms with Gasteiger partial charge in [-0.2, -0.15) is 0 Å². The van der Waals surface area contributed by atoms with Gasteiger partial charge in [-0.3, -0.25) is 0 Å². The van der Waals surface area contributed by atoms with E-state index in [0.29, 0.717) is 6.42 Å². The van der Waals surface area contributed by atoms with Crippen molar-refractivity contribution in [1.29, 1.82) is 0 Å². The highest BCUT2D eigenvalue weighted by atomic mass is 16.8. The number of nitrogens with two attached hydrogens (primary N) is 1. The Morgan fingerprint density at radius 3 is 1.38 bits per heavy atom. The lowest BCUT2D eigenvalue weighted by Crippen LogP contribution is -2.63. The number of aliphatic hydroxyl groups is 12. The minimum Gasteiger partial charge on any atom is -0.394 e. The molecule has 0 aromatic rings. The Bertz CT molecular complexity index is 939. The van der Waals surface area contributed by atoms with Gasteiger partial charge in [0.15, 0.2) is 25.2 Å². The molecule has 0 aromatic carbocycles. The summed E-state index contributed by atoms with van der Waals surface area (Å²) in [7, 11) is 0. The molecule has 0 spiro atoms. The third kappa shape index (κ3) is 8.73. The maximum absolute atomic E-state index is 11.1. The molecule has 19 atom stereocenters. The monoisotopic (exact) mass is 693 g/mol. The first kappa shape index (κ1) is 39.0. The Labute approximate surface area is 268 Å². The summed E-state index contributed by atoms with van der Waals surface area (Å²) in [5.74, 6) is 0. The highest BCUT2D eigenvalue weighted by Crippen LogP contribution is 2.32. The van der Waals surface area contributed by atoms with Crippen LogP contribution in [0.5, 0.6) is 0 Å². The number of rotatable bonds is 14. The first-order chi connectivity index (χ1) is 22.3. The zero-order valence-electron chi connectivity index (χ0n) is 25.1. The van der Waals surface area contributed by atoms with E-state index in [0.717, 1.165) is 0 Å². The van der Waals surface area contributed by atoms with Gasteiger partial charge >= 0.3 is 0 Å². The van der Waals surface area contributed by atoms with E-state index >= 15 is 0 Å². The van der Waals surface area contributed by atoms with Crippen LogP contribution in [-0.2, 0) is 37.9 Å². The van der Waals surface area contributed by atoms with Gasteiger partial charge in [0, 0.05) is 0 Å². The van der Waals surface area contributed by atoms with Crippen LogP contribution in [0.25, 0.3) is 0 Å². The lowest BCUT2D eigenvalue weighted by atomic mass is 9.97. The van der Waals surface area contributed by atoms with Crippen molar-refractivity contribution in [3.63, 3.8) is 0 Å². The first-order valence-corrected chi connectivity index (χ1v) is 15.2. The fourth-order valence-corrected chi connectivity index (χ4v) is 5.53. The average molecular weight is 694 g/mol. The largest absolute Gasteiger partial charge is 0.394 e. The van der Waals surface area contributed by atoms with E-state index in [2.05, 4.69) is 0 Å². The van der Waals surface area contributed by atoms with E-state index in [1.807, 2.05) is 0 Å². The number of hydrogen-bond acceptors (Lipinski definition) is 21. The molecular formula is C26H47NO20. The molecule has 0 amide bonds. The minimum atomic E-state index is -1.87. The maximum Gasteiger partial charge on any atom is 0.187 e. The van der Waals surface area contributed by atoms with E-state index in [4.69, 9.17) is 43.6 Å². The highest BCUT2D eigenvalue weighted by Gasteiger charge is 2.53. The molecule has 4 aliphatic heterocycles. The quantitative estimate of drug-likeness (QED) is 0.0751. The third-order valence-electron chi connectivity index (χ3n) is 8.43. The molecule has 4 fully saturated rings. The molecule has 0 radical (unpaired) electrons. The van der Waals surface area contributed by atoms with Gasteiger partial charge in [0.1, 0.15) is 91.6 Å². The lowest BCUT2D eigenvalue weighted by Gasteiger charge is -2.45. The maximum atomic E-state index is 11.1. The van der Waals surface area contributed by atoms with Crippen molar-refractivity contribution >= 4 is 0 Å². The van der Waals surface area contributed by atoms with Gasteiger partial charge < -0.3 is 105 Å². The van der Waals surface area contributed by atoms with Crippen LogP contribution in [0, 0.1) is 0 Å². The summed E-state index contributed by atoms with van der Waals surface area (Å²) in [6, 6.07) is 0. The Morgan fingerprint density at radius 2 is 0.851 bits per heavy atom. The number of hydrogen-bond donors (Lipinski definition) is 13. The second kappa shape index (κ2) is 17.4. The predicted molar refractivity (Wildman–Crippen MR) is 145 cm³/mol. The van der Waals surface area contributed by atoms with Gasteiger partial charge in [-0.15, -0.1) is 0 Å². The number of aliphatic hydroxyl groups excluding tert-OH is 12. The summed E-state index contributed by atoms with van der Waals surface area (Å²) in [6.45, 7) is -2.35. The van der Waals surface area contributed by atoms with Crippen molar-refractivity contribution in [2.75, 3.05) is 39.6 Å². The predicted octanol–water partition coefficient (Wildman–Crippen LogP) is -8.74. The zero-order valence-corrected chi connectivity index (χ0v) is 25.1. The highest BCUT2D eigenvalue weighted by molar-refractivity contribution is 4.95. The average Bonchev–Trinajstić information content (AvgIpc) is 3.33. The molecule has 14 N–H and O–H groups in total. The van der Waals surface area contributed by atoms with Crippen LogP contribution in [0.15, 0.2) is 0 Å². The molecular weight excluding hydrogens is 646 g/mol. The summed E-state index contributed by atoms with van der Waals surface area (Å²) in [5, 5.41) is 123. The van der Waals surface area contributed by atoms with Crippen molar-refractivity contribution < 1.29 is 99.2 Å². The molecule has 4 aliphatic rings. The van der Waals surface area contributed by atoms with E-state index < -0.39 is 143 Å². The van der Waals surface area contributed by atoms with Crippen LogP contribution in [0.1, 0.15) is 6.42 Å². The second-order valence-electron chi connectivity index (χ2n) is 11.7. The summed E-state index contributed by atoms with van der Waals surface area (Å²) >= 11 is 0. The van der Waals surface area contributed by atoms with Crippen molar-refractivity contribution in [1.82, 2.24) is 0 Å². The van der Waals surface area contributed by atoms with Gasteiger partial charge in [-0.25, -0.2) is 0 Å². The Hall–Kier alpha value is -0.840. The van der Waals surface area contributed by atoms with Crippen molar-refractivity contribution in [3.05, 3.63) is 0 Å². The fraction of sp³-hybridized carbons (Fsp3) is 1.00. The SMILES string of the molecule is NCCCO[C@@H]1O[C@H](CO[C@@H]2O[C@H](CO[C@@H]3O[C@H](CO)[C@H](O)[C@H](O)[C@H]3O)[C@H](O)[C@H](O[C@@H]3O[C@@H](CO)[C@H](O)[C@H]3O)[C@H]2O)[C@H](O)[C@H](O)[C@H]1O. The summed E-state index contributed by atoms with van der Waals surface area (Å²) < 4.78 is 44.0. The van der Waals surface area contributed by atoms with Crippen LogP contribution < -0.4 is 5.73 Å². The molecule has 0 saturated carbocycles. The minimum absolute atomic E-state index is 0.0625. The second-order valence-corrected chi connectivity index (χ2v) is 11.7. The molecule has 4 saturated heterocycles. The van der Waals surface area contributed by atoms with Crippen molar-refractivity contribution in [3.8, 4) is 0 Å². The van der Waals surface area contributed by atoms with Gasteiger partial charge in [0.2, 0.25) is 0 Å². The smallest absolute Gasteiger partial charge is 0.187 e. The Kier molecular flexibility index (Phi) is 14.4. The van der Waals surface area contributed by atoms with Crippen LogP contribution >= 0.6 is 0 Å². The molecule has 21 heteroatoms. The van der Waals surface area contributed by atoms with E-state index in [1.165, 1.54) is 0 Å². The molecule has 47 heavy (non-hydrogen) atoms. The summed E-state index contributed by atoms with van der Waals surface area (Å²) in [4.78, 5) is 0. The van der Waals surface area contributed by atoms with Gasteiger partial charge in [0.05, 0.1) is 33.0 Å². The van der Waals surface area contributed by atoms with Crippen LogP contribution in [0.2, 0.25) is 0 Å². The van der Waals surface area contributed by atoms with E-state index in [9.17, 15) is 61.3 Å². The Balaban J connectivity index is 1.48. The van der Waals surface area contributed by atoms with Crippen molar-refractivity contribution in [2.24, 2.45) is 5.73 Å². The molecule has 0 bridgehead atoms. The topological polar surface area (TPSA) is 343 Å². The standard InChI is InChI=1S/C26H47NO20/c27-2-1-3-40-23-19(37)17(35)14(32)10(45-23)6-42-25-21(39)22(47-26-18(36)13(31)9(5-29)44-26)15(33)11(46-25)7-41-24-20(38)16(34)12(30)8(4-28)43-24/h8-26,28-39H,1-7,27H2/t8-,9+,10-,11-,12+,13+,14+,15+,16+,17+,18-,19-,20-,21-,22+,23-,24-,25-,26+/m1/s1. The molecule has 4 heterocycles. The lowest BCUT2D eigenvalue weighted by molar-refractivity contribution is -0.354. The molecule has 0 aliphatic carbocycles. The first-order valence-electron chi connectivity index (χ1n) is 15.2. The van der Waals surface area contributed by atoms with Crippen LogP contribution in [0.4, 0.5) is 0 Å². The van der Waals surface area contributed by atoms with Gasteiger partial charge in [-0.05, 0) is 13.0 Å². The molecule has 21 nitrogen and oxygen atoms in total. The van der Waals surface area contributed by atoms with Gasteiger partial charge in [0.25, 0.3) is 0 Å². The Morgan fingerprint density at radius 1 is 0.447 bits per heavy atom. The fourth-order valence-electron chi connectivity index (χ4n) is 5.53. The molecule has 276 valence electrons. The summed E-state index contributed by atoms with van der Waals surface area (Å²) in [5.41, 5.74) is 5.44. The van der Waals surface area contributed by atoms with Crippen LogP contribution in [-0.4, -0.2) is 218 Å². The van der Waals surface area contributed by atoms with E-state index in [1.54, 1.807) is 0 Å². The molecule has 4 rings (SSSR count). The zero-order chi connectivity index (χ0) is 34.6. The number of ether oxygens (including phenoxy) is 8. The summed E-state index contributed by atoms with van der Waals surface area (Å²) in [6.07, 6.45) is -30.4. The van der Waals surface area contributed by atoms with Crippen LogP contribution in [0.3, 0.4) is 0 Å². The normalized spacial score (nSPS) is 49.3. The molecule has 0 unspecified atom stereocenters. The van der Waals surface area contributed by atoms with Gasteiger partial charge in [-0.1, -0.05) is 0 Å². The molecule has 0 aromatic heterocycles. The third-order valence-corrected chi connectivity index (χ3v) is 8.43. The van der Waals surface area contributed by atoms with Crippen molar-refractivity contribution in [2.45, 2.75) is 123 Å². The van der Waals surface area contributed by atoms with E-state index in [-0.39, 0.29) is 13.2 Å².